The molecule has 0 saturated heterocycles. The van der Waals surface area contributed by atoms with Gasteiger partial charge in [-0.05, 0) is 37.6 Å². The Morgan fingerprint density at radius 1 is 1.21 bits per heavy atom. The number of benzene rings is 2. The maximum absolute atomic E-state index is 12.4. The number of ketones is 1. The number of rotatable bonds is 7. The Balaban J connectivity index is 2.35. The summed E-state index contributed by atoms with van der Waals surface area (Å²) in [4.78, 5) is 34.1. The molecule has 2 aromatic carbocycles. The number of hydrogen-bond acceptors (Lipinski definition) is 8. The number of anilines is 1. The average molecular weight is 439 g/mol. The van der Waals surface area contributed by atoms with Crippen molar-refractivity contribution in [3.63, 3.8) is 0 Å². The lowest BCUT2D eigenvalue weighted by atomic mass is 10.1. The minimum atomic E-state index is -4.20. The fourth-order valence-electron chi connectivity index (χ4n) is 2.24. The van der Waals surface area contributed by atoms with Crippen molar-refractivity contribution in [2.75, 3.05) is 5.32 Å². The van der Waals surface area contributed by atoms with Crippen LogP contribution in [0.2, 0.25) is 0 Å². The van der Waals surface area contributed by atoms with E-state index >= 15 is 0 Å². The predicted octanol–water partition coefficient (Wildman–Crippen LogP) is 3.51. The van der Waals surface area contributed by atoms with Crippen LogP contribution >= 0.6 is 10.7 Å². The smallest absolute Gasteiger partial charge is 0.298 e. The molecule has 1 atom stereocenters. The molecule has 10 nitrogen and oxygen atoms in total. The Morgan fingerprint density at radius 2 is 1.86 bits per heavy atom. The molecule has 0 aliphatic carbocycles. The van der Waals surface area contributed by atoms with Gasteiger partial charge in [0.15, 0.2) is 11.5 Å². The molecular formula is C17H15ClN4O6S. The molecule has 2 rings (SSSR count). The highest BCUT2D eigenvalue weighted by Gasteiger charge is 2.25. The molecule has 0 spiro atoms. The van der Waals surface area contributed by atoms with Gasteiger partial charge in [0.25, 0.3) is 20.6 Å². The molecule has 0 radical (unpaired) electrons. The highest BCUT2D eigenvalue weighted by atomic mass is 35.7. The predicted molar refractivity (Wildman–Crippen MR) is 105 cm³/mol. The van der Waals surface area contributed by atoms with Gasteiger partial charge in [0.1, 0.15) is 0 Å². The van der Waals surface area contributed by atoms with Crippen LogP contribution in [0.1, 0.15) is 12.5 Å². The SMILES string of the molecule is CC(=O)C(N=Nc1ccc(S(=O)(=O)Cl)cc1[N+](=O)[O-])C(=O)Nc1ccccc1C. The van der Waals surface area contributed by atoms with Gasteiger partial charge >= 0.3 is 0 Å². The maximum atomic E-state index is 12.4. The molecule has 0 aliphatic rings. The Kier molecular flexibility index (Phi) is 6.77. The summed E-state index contributed by atoms with van der Waals surface area (Å²) in [5.74, 6) is -1.40. The highest BCUT2D eigenvalue weighted by Crippen LogP contribution is 2.31. The van der Waals surface area contributed by atoms with Crippen LogP contribution in [0.5, 0.6) is 0 Å². The van der Waals surface area contributed by atoms with Crippen LogP contribution in [0.15, 0.2) is 57.6 Å². The molecule has 1 amide bonds. The van der Waals surface area contributed by atoms with Crippen molar-refractivity contribution in [1.82, 2.24) is 0 Å². The lowest BCUT2D eigenvalue weighted by Crippen LogP contribution is -2.32. The van der Waals surface area contributed by atoms with Crippen LogP contribution in [-0.4, -0.2) is 31.1 Å². The van der Waals surface area contributed by atoms with E-state index in [9.17, 15) is 28.1 Å². The van der Waals surface area contributed by atoms with E-state index in [1.807, 2.05) is 0 Å². The Hall–Kier alpha value is -3.18. The van der Waals surface area contributed by atoms with Gasteiger partial charge in [-0.3, -0.25) is 19.7 Å². The number of nitro benzene ring substituents is 1. The van der Waals surface area contributed by atoms with Gasteiger partial charge in [-0.1, -0.05) is 18.2 Å². The van der Waals surface area contributed by atoms with Gasteiger partial charge in [-0.25, -0.2) is 8.42 Å². The van der Waals surface area contributed by atoms with Gasteiger partial charge in [0.05, 0.1) is 9.82 Å². The molecule has 2 aromatic rings. The van der Waals surface area contributed by atoms with Gasteiger partial charge in [0, 0.05) is 22.4 Å². The van der Waals surface area contributed by atoms with Crippen molar-refractivity contribution >= 4 is 48.5 Å². The highest BCUT2D eigenvalue weighted by molar-refractivity contribution is 8.13. The third-order valence-corrected chi connectivity index (χ3v) is 5.09. The van der Waals surface area contributed by atoms with Gasteiger partial charge < -0.3 is 5.32 Å². The standard InChI is InChI=1S/C17H15ClN4O6S/c1-10-5-3-4-6-13(10)19-17(24)16(11(2)23)21-20-14-8-7-12(29(18,27)28)9-15(14)22(25)26/h3-9,16H,1-2H3,(H,19,24). The zero-order valence-electron chi connectivity index (χ0n) is 15.2. The van der Waals surface area contributed by atoms with Crippen LogP contribution in [-0.2, 0) is 18.6 Å². The van der Waals surface area contributed by atoms with Crippen molar-refractivity contribution in [1.29, 1.82) is 0 Å². The van der Waals surface area contributed by atoms with E-state index in [1.165, 1.54) is 0 Å². The topological polar surface area (TPSA) is 148 Å². The third kappa shape index (κ3) is 5.65. The number of carbonyl (C=O) groups excluding carboxylic acids is 2. The fraction of sp³-hybridized carbons (Fsp3) is 0.176. The minimum absolute atomic E-state index is 0.339. The van der Waals surface area contributed by atoms with Crippen molar-refractivity contribution in [2.45, 2.75) is 24.8 Å². The zero-order chi connectivity index (χ0) is 21.8. The van der Waals surface area contributed by atoms with Gasteiger partial charge in [-0.15, -0.1) is 5.11 Å². The summed E-state index contributed by atoms with van der Waals surface area (Å²) < 4.78 is 22.7. The van der Waals surface area contributed by atoms with Crippen molar-refractivity contribution < 1.29 is 22.9 Å². The van der Waals surface area contributed by atoms with E-state index < -0.39 is 42.3 Å². The quantitative estimate of drug-likeness (QED) is 0.230. The molecule has 0 saturated carbocycles. The molecule has 1 unspecified atom stereocenters. The second-order valence-electron chi connectivity index (χ2n) is 5.88. The molecule has 0 fully saturated rings. The number of aryl methyl sites for hydroxylation is 1. The normalized spacial score (nSPS) is 12.5. The lowest BCUT2D eigenvalue weighted by molar-refractivity contribution is -0.384. The van der Waals surface area contributed by atoms with Crippen molar-refractivity contribution in [3.8, 4) is 0 Å². The summed E-state index contributed by atoms with van der Waals surface area (Å²) in [5.41, 5.74) is 0.196. The zero-order valence-corrected chi connectivity index (χ0v) is 16.8. The first-order valence-electron chi connectivity index (χ1n) is 8.01. The molecule has 152 valence electrons. The number of amides is 1. The van der Waals surface area contributed by atoms with Crippen LogP contribution in [0, 0.1) is 17.0 Å². The summed E-state index contributed by atoms with van der Waals surface area (Å²) in [6.45, 7) is 2.88. The van der Waals surface area contributed by atoms with E-state index in [0.29, 0.717) is 11.8 Å². The number of halogens is 1. The minimum Gasteiger partial charge on any atom is -0.324 e. The average Bonchev–Trinajstić information content (AvgIpc) is 2.62. The van der Waals surface area contributed by atoms with Crippen molar-refractivity contribution in [3.05, 3.63) is 58.1 Å². The van der Waals surface area contributed by atoms with Crippen LogP contribution < -0.4 is 5.32 Å². The largest absolute Gasteiger partial charge is 0.324 e. The molecular weight excluding hydrogens is 424 g/mol. The first-order valence-corrected chi connectivity index (χ1v) is 10.3. The number of hydrogen-bond donors (Lipinski definition) is 1. The number of Topliss-reactive ketones (excluding diaryl/α,β-unsaturated/α-hetero) is 1. The molecule has 12 heteroatoms. The molecule has 29 heavy (non-hydrogen) atoms. The number of carbonyl (C=O) groups is 2. The first kappa shape index (κ1) is 22.1. The molecule has 1 N–H and O–H groups in total. The first-order chi connectivity index (χ1) is 13.5. The monoisotopic (exact) mass is 438 g/mol. The number of para-hydroxylation sites is 1. The van der Waals surface area contributed by atoms with E-state index in [1.54, 1.807) is 31.2 Å². The summed E-state index contributed by atoms with van der Waals surface area (Å²) in [6.07, 6.45) is 0. The second kappa shape index (κ2) is 8.88. The summed E-state index contributed by atoms with van der Waals surface area (Å²) in [6, 6.07) is 8.04. The number of nitrogens with one attached hydrogen (secondary N) is 1. The van der Waals surface area contributed by atoms with Crippen molar-refractivity contribution in [2.24, 2.45) is 10.2 Å². The van der Waals surface area contributed by atoms with Gasteiger partial charge in [-0.2, -0.15) is 5.11 Å². The van der Waals surface area contributed by atoms with Crippen LogP contribution in [0.4, 0.5) is 17.1 Å². The van der Waals surface area contributed by atoms with Gasteiger partial charge in [0.2, 0.25) is 6.04 Å². The maximum Gasteiger partial charge on any atom is 0.298 e. The number of azo groups is 1. The summed E-state index contributed by atoms with van der Waals surface area (Å²) in [7, 11) is 0.991. The van der Waals surface area contributed by atoms with E-state index in [2.05, 4.69) is 15.5 Å². The molecule has 0 bridgehead atoms. The Bertz CT molecular complexity index is 1120. The number of nitro groups is 1. The summed E-state index contributed by atoms with van der Waals surface area (Å²) in [5, 5.41) is 21.0. The second-order valence-corrected chi connectivity index (χ2v) is 8.44. The molecule has 0 heterocycles. The van der Waals surface area contributed by atoms with Crippen LogP contribution in [0.25, 0.3) is 0 Å². The Labute approximate surface area is 170 Å². The molecule has 0 aromatic heterocycles. The number of nitrogens with zero attached hydrogens (tertiary/aromatic N) is 3. The van der Waals surface area contributed by atoms with E-state index in [4.69, 9.17) is 10.7 Å². The molecule has 0 aliphatic heterocycles. The summed E-state index contributed by atoms with van der Waals surface area (Å²) >= 11 is 0. The van der Waals surface area contributed by atoms with Crippen LogP contribution in [0.3, 0.4) is 0 Å². The van der Waals surface area contributed by atoms with E-state index in [0.717, 1.165) is 24.6 Å². The fourth-order valence-corrected chi connectivity index (χ4v) is 3.01. The Morgan fingerprint density at radius 3 is 2.41 bits per heavy atom. The van der Waals surface area contributed by atoms with E-state index in [-0.39, 0.29) is 5.69 Å². The third-order valence-electron chi connectivity index (χ3n) is 3.74. The lowest BCUT2D eigenvalue weighted by Gasteiger charge is -2.11.